The van der Waals surface area contributed by atoms with Crippen LogP contribution in [0.25, 0.3) is 0 Å². The van der Waals surface area contributed by atoms with Crippen molar-refractivity contribution in [2.75, 3.05) is 13.2 Å². The van der Waals surface area contributed by atoms with Crippen molar-refractivity contribution in [1.82, 2.24) is 10.6 Å². The van der Waals surface area contributed by atoms with Gasteiger partial charge in [0.1, 0.15) is 5.75 Å². The van der Waals surface area contributed by atoms with E-state index in [1.54, 1.807) is 0 Å². The van der Waals surface area contributed by atoms with Crippen molar-refractivity contribution in [2.45, 2.75) is 64.6 Å². The first-order chi connectivity index (χ1) is 11.7. The van der Waals surface area contributed by atoms with Crippen LogP contribution in [0, 0.1) is 0 Å². The summed E-state index contributed by atoms with van der Waals surface area (Å²) < 4.78 is 5.68. The highest BCUT2D eigenvalue weighted by molar-refractivity contribution is 14.0. The third-order valence-electron chi connectivity index (χ3n) is 4.17. The Morgan fingerprint density at radius 3 is 2.68 bits per heavy atom. The molecule has 0 spiro atoms. The minimum Gasteiger partial charge on any atom is -0.494 e. The first-order valence-corrected chi connectivity index (χ1v) is 9.16. The lowest BCUT2D eigenvalue weighted by Crippen LogP contribution is -2.45. The number of halogens is 1. The van der Waals surface area contributed by atoms with Gasteiger partial charge in [0.25, 0.3) is 0 Å². The minimum absolute atomic E-state index is 0. The van der Waals surface area contributed by atoms with Crippen molar-refractivity contribution in [1.29, 1.82) is 0 Å². The Morgan fingerprint density at radius 2 is 2.00 bits per heavy atom. The largest absolute Gasteiger partial charge is 0.494 e. The summed E-state index contributed by atoms with van der Waals surface area (Å²) in [7, 11) is 0. The zero-order valence-electron chi connectivity index (χ0n) is 15.3. The van der Waals surface area contributed by atoms with Gasteiger partial charge in [0, 0.05) is 12.6 Å². The molecule has 6 heteroatoms. The van der Waals surface area contributed by atoms with Gasteiger partial charge < -0.3 is 20.5 Å². The third kappa shape index (κ3) is 8.27. The fraction of sp³-hybridized carbons (Fsp3) is 0.632. The van der Waals surface area contributed by atoms with Gasteiger partial charge in [-0.15, -0.1) is 24.0 Å². The molecule has 0 aliphatic heterocycles. The van der Waals surface area contributed by atoms with E-state index in [1.165, 1.54) is 0 Å². The highest BCUT2D eigenvalue weighted by Crippen LogP contribution is 2.18. The van der Waals surface area contributed by atoms with E-state index in [1.807, 2.05) is 12.1 Å². The van der Waals surface area contributed by atoms with E-state index in [0.29, 0.717) is 12.6 Å². The van der Waals surface area contributed by atoms with Gasteiger partial charge in [0.15, 0.2) is 5.96 Å². The van der Waals surface area contributed by atoms with Gasteiger partial charge in [0.2, 0.25) is 0 Å². The van der Waals surface area contributed by atoms with Crippen LogP contribution in [-0.2, 0) is 6.54 Å². The maximum absolute atomic E-state index is 9.62. The molecule has 1 saturated carbocycles. The van der Waals surface area contributed by atoms with E-state index in [-0.39, 0.29) is 30.1 Å². The van der Waals surface area contributed by atoms with E-state index in [0.717, 1.165) is 62.5 Å². The van der Waals surface area contributed by atoms with Gasteiger partial charge in [-0.1, -0.05) is 19.1 Å². The number of hydrogen-bond donors (Lipinski definition) is 3. The third-order valence-corrected chi connectivity index (χ3v) is 4.17. The van der Waals surface area contributed by atoms with Crippen LogP contribution < -0.4 is 15.4 Å². The molecule has 0 radical (unpaired) electrons. The topological polar surface area (TPSA) is 65.9 Å². The molecule has 1 aromatic rings. The molecule has 5 nitrogen and oxygen atoms in total. The SMILES string of the molecule is CCCOc1cccc(CN=C(NCC)NC2CCC(O)CC2)c1.I. The summed E-state index contributed by atoms with van der Waals surface area (Å²) in [5, 5.41) is 16.4. The second-order valence-electron chi connectivity index (χ2n) is 6.34. The number of nitrogens with zero attached hydrogens (tertiary/aromatic N) is 1. The molecule has 0 amide bonds. The van der Waals surface area contributed by atoms with Crippen LogP contribution in [0.4, 0.5) is 0 Å². The highest BCUT2D eigenvalue weighted by atomic mass is 127. The highest BCUT2D eigenvalue weighted by Gasteiger charge is 2.19. The maximum Gasteiger partial charge on any atom is 0.191 e. The van der Waals surface area contributed by atoms with Gasteiger partial charge in [-0.2, -0.15) is 0 Å². The van der Waals surface area contributed by atoms with Crippen molar-refractivity contribution >= 4 is 29.9 Å². The van der Waals surface area contributed by atoms with Crippen LogP contribution in [0.2, 0.25) is 0 Å². The number of nitrogens with one attached hydrogen (secondary N) is 2. The molecule has 1 fully saturated rings. The zero-order valence-corrected chi connectivity index (χ0v) is 17.7. The molecule has 0 heterocycles. The van der Waals surface area contributed by atoms with E-state index in [9.17, 15) is 5.11 Å². The Labute approximate surface area is 168 Å². The fourth-order valence-electron chi connectivity index (χ4n) is 2.86. The van der Waals surface area contributed by atoms with Crippen LogP contribution >= 0.6 is 24.0 Å². The molecule has 3 N–H and O–H groups in total. The van der Waals surface area contributed by atoms with Gasteiger partial charge in [-0.25, -0.2) is 4.99 Å². The predicted molar refractivity (Wildman–Crippen MR) is 114 cm³/mol. The van der Waals surface area contributed by atoms with Crippen LogP contribution in [0.1, 0.15) is 51.5 Å². The smallest absolute Gasteiger partial charge is 0.191 e. The predicted octanol–water partition coefficient (Wildman–Crippen LogP) is 3.45. The molecule has 1 aliphatic rings. The van der Waals surface area contributed by atoms with Crippen LogP contribution in [0.3, 0.4) is 0 Å². The monoisotopic (exact) mass is 461 g/mol. The maximum atomic E-state index is 9.62. The molecule has 1 aromatic carbocycles. The lowest BCUT2D eigenvalue weighted by molar-refractivity contribution is 0.120. The lowest BCUT2D eigenvalue weighted by atomic mass is 9.93. The van der Waals surface area contributed by atoms with Crippen molar-refractivity contribution in [3.8, 4) is 5.75 Å². The standard InChI is InChI=1S/C19H31N3O2.HI/c1-3-12-24-18-7-5-6-15(13-18)14-21-19(20-4-2)22-16-8-10-17(23)11-9-16;/h5-7,13,16-17,23H,3-4,8-12,14H2,1-2H3,(H2,20,21,22);1H. The van der Waals surface area contributed by atoms with Crippen molar-refractivity contribution < 1.29 is 9.84 Å². The number of aliphatic hydroxyl groups excluding tert-OH is 1. The molecule has 142 valence electrons. The van der Waals surface area contributed by atoms with E-state index in [4.69, 9.17) is 9.73 Å². The Morgan fingerprint density at radius 1 is 1.24 bits per heavy atom. The molecular formula is C19H32IN3O2. The normalized spacial score (nSPS) is 20.5. The number of rotatable bonds is 7. The molecule has 0 bridgehead atoms. The summed E-state index contributed by atoms with van der Waals surface area (Å²) in [6.07, 6.45) is 4.60. The summed E-state index contributed by atoms with van der Waals surface area (Å²) >= 11 is 0. The summed E-state index contributed by atoms with van der Waals surface area (Å²) in [4.78, 5) is 4.69. The Bertz CT molecular complexity index is 517. The van der Waals surface area contributed by atoms with E-state index >= 15 is 0 Å². The number of guanidine groups is 1. The van der Waals surface area contributed by atoms with Crippen LogP contribution in [0.15, 0.2) is 29.3 Å². The number of hydrogen-bond acceptors (Lipinski definition) is 3. The van der Waals surface area contributed by atoms with E-state index in [2.05, 4.69) is 36.6 Å². The molecule has 0 saturated heterocycles. The lowest BCUT2D eigenvalue weighted by Gasteiger charge is -2.27. The van der Waals surface area contributed by atoms with Gasteiger partial charge >= 0.3 is 0 Å². The van der Waals surface area contributed by atoms with Crippen molar-refractivity contribution in [3.63, 3.8) is 0 Å². The van der Waals surface area contributed by atoms with Crippen molar-refractivity contribution in [3.05, 3.63) is 29.8 Å². The molecule has 1 aliphatic carbocycles. The Kier molecular flexibility index (Phi) is 10.9. The van der Waals surface area contributed by atoms with Gasteiger partial charge in [-0.05, 0) is 56.7 Å². The molecule has 0 aromatic heterocycles. The quantitative estimate of drug-likeness (QED) is 0.331. The first-order valence-electron chi connectivity index (χ1n) is 9.16. The second-order valence-corrected chi connectivity index (χ2v) is 6.34. The van der Waals surface area contributed by atoms with Crippen molar-refractivity contribution in [2.24, 2.45) is 4.99 Å². The minimum atomic E-state index is -0.131. The second kappa shape index (κ2) is 12.4. The molecule has 25 heavy (non-hydrogen) atoms. The Balaban J connectivity index is 0.00000312. The summed E-state index contributed by atoms with van der Waals surface area (Å²) in [6.45, 7) is 6.37. The summed E-state index contributed by atoms with van der Waals surface area (Å²) in [6, 6.07) is 8.52. The van der Waals surface area contributed by atoms with E-state index < -0.39 is 0 Å². The number of ether oxygens (including phenoxy) is 1. The average Bonchev–Trinajstić information content (AvgIpc) is 2.60. The zero-order chi connectivity index (χ0) is 17.2. The first kappa shape index (κ1) is 22.0. The van der Waals surface area contributed by atoms with Gasteiger partial charge in [0.05, 0.1) is 19.3 Å². The number of benzene rings is 1. The Hall–Kier alpha value is -1.02. The number of aliphatic imine (C=N–C) groups is 1. The fourth-order valence-corrected chi connectivity index (χ4v) is 2.86. The van der Waals surface area contributed by atoms with Crippen LogP contribution in [0.5, 0.6) is 5.75 Å². The summed E-state index contributed by atoms with van der Waals surface area (Å²) in [5.41, 5.74) is 1.14. The number of aliphatic hydroxyl groups is 1. The summed E-state index contributed by atoms with van der Waals surface area (Å²) in [5.74, 6) is 1.75. The van der Waals surface area contributed by atoms with Gasteiger partial charge in [-0.3, -0.25) is 0 Å². The van der Waals surface area contributed by atoms with Crippen LogP contribution in [-0.4, -0.2) is 36.4 Å². The molecule has 2 rings (SSSR count). The average molecular weight is 461 g/mol. The molecule has 0 atom stereocenters. The molecular weight excluding hydrogens is 429 g/mol. The molecule has 0 unspecified atom stereocenters.